The highest BCUT2D eigenvalue weighted by atomic mass is 19.1. The third-order valence-corrected chi connectivity index (χ3v) is 6.10. The number of rotatable bonds is 7. The maximum Gasteiger partial charge on any atom is 0.255 e. The van der Waals surface area contributed by atoms with Gasteiger partial charge in [-0.2, -0.15) is 10.4 Å². The van der Waals surface area contributed by atoms with Crippen LogP contribution in [0.1, 0.15) is 35.3 Å². The summed E-state index contributed by atoms with van der Waals surface area (Å²) >= 11 is 0. The number of aliphatic hydroxyl groups is 1. The van der Waals surface area contributed by atoms with Crippen molar-refractivity contribution in [3.8, 4) is 17.5 Å². The van der Waals surface area contributed by atoms with Crippen molar-refractivity contribution < 1.29 is 19.1 Å². The predicted octanol–water partition coefficient (Wildman–Crippen LogP) is 2.74. The van der Waals surface area contributed by atoms with E-state index in [1.54, 1.807) is 34.8 Å². The Balaban J connectivity index is 1.51. The predicted molar refractivity (Wildman–Crippen MR) is 137 cm³/mol. The molecule has 0 aromatic carbocycles. The van der Waals surface area contributed by atoms with Gasteiger partial charge in [-0.3, -0.25) is 14.6 Å². The van der Waals surface area contributed by atoms with Crippen molar-refractivity contribution in [1.29, 1.82) is 5.26 Å². The first-order valence-corrected chi connectivity index (χ1v) is 11.7. The zero-order valence-corrected chi connectivity index (χ0v) is 20.5. The van der Waals surface area contributed by atoms with Gasteiger partial charge in [0.2, 0.25) is 5.91 Å². The number of aromatic nitrogens is 4. The molecular weight excluding hydrogens is 491 g/mol. The molecular formula is C26H23FN8O3. The summed E-state index contributed by atoms with van der Waals surface area (Å²) in [5.41, 5.74) is 2.31. The van der Waals surface area contributed by atoms with E-state index >= 15 is 0 Å². The van der Waals surface area contributed by atoms with E-state index in [4.69, 9.17) is 5.26 Å². The molecule has 0 fully saturated rings. The molecule has 0 saturated heterocycles. The summed E-state index contributed by atoms with van der Waals surface area (Å²) in [4.78, 5) is 33.5. The van der Waals surface area contributed by atoms with Crippen LogP contribution in [0.15, 0.2) is 48.9 Å². The topological polar surface area (TPSA) is 157 Å². The third kappa shape index (κ3) is 4.87. The smallest absolute Gasteiger partial charge is 0.255 e. The number of amides is 2. The second-order valence-electron chi connectivity index (χ2n) is 9.44. The van der Waals surface area contributed by atoms with Crippen LogP contribution in [0.2, 0.25) is 0 Å². The molecule has 1 aliphatic rings. The fraction of sp³-hybridized carbons (Fsp3) is 0.231. The van der Waals surface area contributed by atoms with E-state index in [1.807, 2.05) is 0 Å². The van der Waals surface area contributed by atoms with Gasteiger partial charge in [-0.05, 0) is 44.2 Å². The fourth-order valence-electron chi connectivity index (χ4n) is 3.99. The van der Waals surface area contributed by atoms with Gasteiger partial charge in [-0.1, -0.05) is 0 Å². The number of carbonyl (C=O) groups excluding carboxylic acids is 2. The number of hydrogen-bond acceptors (Lipinski definition) is 8. The Morgan fingerprint density at radius 2 is 2.08 bits per heavy atom. The van der Waals surface area contributed by atoms with Gasteiger partial charge in [0.25, 0.3) is 5.91 Å². The zero-order chi connectivity index (χ0) is 27.0. The highest BCUT2D eigenvalue weighted by molar-refractivity contribution is 6.01. The van der Waals surface area contributed by atoms with E-state index in [-0.39, 0.29) is 17.9 Å². The second kappa shape index (κ2) is 9.53. The number of nitrogens with zero attached hydrogens (tertiary/aromatic N) is 5. The minimum Gasteiger partial charge on any atom is -0.387 e. The molecule has 11 nitrogen and oxygen atoms in total. The quantitative estimate of drug-likeness (QED) is 0.293. The second-order valence-corrected chi connectivity index (χ2v) is 9.44. The summed E-state index contributed by atoms with van der Waals surface area (Å²) in [6.45, 7) is 2.25. The van der Waals surface area contributed by atoms with Crippen LogP contribution >= 0.6 is 0 Å². The summed E-state index contributed by atoms with van der Waals surface area (Å²) in [7, 11) is 0. The van der Waals surface area contributed by atoms with Gasteiger partial charge in [0.1, 0.15) is 18.1 Å². The molecule has 0 unspecified atom stereocenters. The number of anilines is 3. The molecule has 5 heterocycles. The van der Waals surface area contributed by atoms with Crippen LogP contribution in [0.3, 0.4) is 0 Å². The first-order valence-electron chi connectivity index (χ1n) is 11.7. The van der Waals surface area contributed by atoms with E-state index in [9.17, 15) is 19.1 Å². The molecule has 2 amide bonds. The lowest BCUT2D eigenvalue weighted by Crippen LogP contribution is -2.42. The van der Waals surface area contributed by atoms with E-state index < -0.39 is 24.2 Å². The van der Waals surface area contributed by atoms with E-state index in [0.717, 1.165) is 0 Å². The van der Waals surface area contributed by atoms with Crippen LogP contribution in [0.4, 0.5) is 21.6 Å². The van der Waals surface area contributed by atoms with Crippen LogP contribution in [-0.2, 0) is 11.2 Å². The van der Waals surface area contributed by atoms with Gasteiger partial charge in [-0.25, -0.2) is 13.9 Å². The molecule has 5 rings (SSSR count). The molecule has 1 atom stereocenters. The standard InChI is InChI=1S/C26H23FN8O3/c1-26(2,38)22(27)13-31-25(37)18-12-29-20(21-4-3-17-5-14(9-28)10-32-35(17)21)8-19(18)33-16-6-15-7-23(36)34-24(15)30-11-16/h3-6,8,10-12,22,38H,7,13H2,1-2H3,(H,29,33)(H,31,37)(H,30,34,36)/t22-/m1/s1. The number of fused-ring (bicyclic) bond motifs is 2. The number of nitriles is 1. The van der Waals surface area contributed by atoms with Gasteiger partial charge in [0.05, 0.1) is 70.4 Å². The lowest BCUT2D eigenvalue weighted by atomic mass is 10.0. The molecule has 0 bridgehead atoms. The van der Waals surface area contributed by atoms with Gasteiger partial charge >= 0.3 is 0 Å². The summed E-state index contributed by atoms with van der Waals surface area (Å²) in [6.07, 6.45) is 2.83. The first kappa shape index (κ1) is 24.8. The number of alkyl halides is 1. The Labute approximate surface area is 216 Å². The largest absolute Gasteiger partial charge is 0.387 e. The summed E-state index contributed by atoms with van der Waals surface area (Å²) < 4.78 is 15.9. The molecule has 12 heteroatoms. The molecule has 1 aliphatic heterocycles. The number of pyridine rings is 2. The number of hydrogen-bond donors (Lipinski definition) is 4. The van der Waals surface area contributed by atoms with Gasteiger partial charge in [0.15, 0.2) is 0 Å². The lowest BCUT2D eigenvalue weighted by molar-refractivity contribution is -0.115. The minimum atomic E-state index is -1.68. The van der Waals surface area contributed by atoms with E-state index in [1.165, 1.54) is 32.4 Å². The Morgan fingerprint density at radius 3 is 2.84 bits per heavy atom. The molecule has 0 radical (unpaired) electrons. The average molecular weight is 515 g/mol. The number of carbonyl (C=O) groups is 2. The fourth-order valence-corrected chi connectivity index (χ4v) is 3.99. The maximum atomic E-state index is 14.3. The molecule has 0 saturated carbocycles. The highest BCUT2D eigenvalue weighted by Crippen LogP contribution is 2.30. The zero-order valence-electron chi connectivity index (χ0n) is 20.5. The van der Waals surface area contributed by atoms with Gasteiger partial charge < -0.3 is 21.1 Å². The minimum absolute atomic E-state index is 0.131. The van der Waals surface area contributed by atoms with Gasteiger partial charge in [-0.15, -0.1) is 0 Å². The summed E-state index contributed by atoms with van der Waals surface area (Å²) in [6, 6.07) is 10.7. The van der Waals surface area contributed by atoms with Crippen molar-refractivity contribution in [2.24, 2.45) is 0 Å². The lowest BCUT2D eigenvalue weighted by Gasteiger charge is -2.22. The van der Waals surface area contributed by atoms with Crippen molar-refractivity contribution in [3.63, 3.8) is 0 Å². The molecule has 38 heavy (non-hydrogen) atoms. The average Bonchev–Trinajstić information content (AvgIpc) is 3.48. The normalized spacial score (nSPS) is 13.5. The Bertz CT molecular complexity index is 1620. The van der Waals surface area contributed by atoms with Gasteiger partial charge in [0, 0.05) is 11.8 Å². The van der Waals surface area contributed by atoms with Crippen LogP contribution in [0.25, 0.3) is 16.9 Å². The molecule has 192 valence electrons. The summed E-state index contributed by atoms with van der Waals surface area (Å²) in [5.74, 6) is -0.270. The molecule has 0 spiro atoms. The van der Waals surface area contributed by atoms with Crippen molar-refractivity contribution in [2.45, 2.75) is 32.0 Å². The van der Waals surface area contributed by atoms with Crippen LogP contribution < -0.4 is 16.0 Å². The number of nitrogens with one attached hydrogen (secondary N) is 3. The monoisotopic (exact) mass is 514 g/mol. The summed E-state index contributed by atoms with van der Waals surface area (Å²) in [5, 5.41) is 31.7. The Morgan fingerprint density at radius 1 is 1.26 bits per heavy atom. The van der Waals surface area contributed by atoms with E-state index in [0.29, 0.717) is 45.2 Å². The van der Waals surface area contributed by atoms with Crippen LogP contribution in [0, 0.1) is 11.3 Å². The van der Waals surface area contributed by atoms with Crippen molar-refractivity contribution in [2.75, 3.05) is 17.2 Å². The Hall–Kier alpha value is -4.89. The van der Waals surface area contributed by atoms with Crippen LogP contribution in [0.5, 0.6) is 0 Å². The SMILES string of the molecule is CC(C)(O)[C@H](F)CNC(=O)c1cnc(-c2ccc3cc(C#N)cnn23)cc1Nc1cnc2c(c1)CC(=O)N2. The van der Waals surface area contributed by atoms with Crippen molar-refractivity contribution >= 4 is 34.5 Å². The highest BCUT2D eigenvalue weighted by Gasteiger charge is 2.27. The molecule has 0 aliphatic carbocycles. The first-order chi connectivity index (χ1) is 18.1. The van der Waals surface area contributed by atoms with Crippen LogP contribution in [-0.4, -0.2) is 54.8 Å². The third-order valence-electron chi connectivity index (χ3n) is 6.10. The van der Waals surface area contributed by atoms with Crippen molar-refractivity contribution in [1.82, 2.24) is 24.9 Å². The van der Waals surface area contributed by atoms with E-state index in [2.05, 4.69) is 37.1 Å². The maximum absolute atomic E-state index is 14.3. The molecule has 4 aromatic rings. The Kier molecular flexibility index (Phi) is 6.22. The van der Waals surface area contributed by atoms with Crippen molar-refractivity contribution in [3.05, 3.63) is 65.6 Å². The number of halogens is 1. The molecule has 4 N–H and O–H groups in total. The molecule has 4 aromatic heterocycles.